The molecular formula is C12H18N2. The van der Waals surface area contributed by atoms with Crippen LogP contribution in [0.1, 0.15) is 43.7 Å². The summed E-state index contributed by atoms with van der Waals surface area (Å²) in [7, 11) is 0. The molecule has 1 heterocycles. The van der Waals surface area contributed by atoms with Crippen LogP contribution < -0.4 is 5.73 Å². The lowest BCUT2D eigenvalue weighted by atomic mass is 9.88. The van der Waals surface area contributed by atoms with Gasteiger partial charge in [-0.05, 0) is 36.0 Å². The van der Waals surface area contributed by atoms with Crippen molar-refractivity contribution >= 4 is 0 Å². The van der Waals surface area contributed by atoms with Crippen molar-refractivity contribution in [1.29, 1.82) is 0 Å². The minimum absolute atomic E-state index is 0.294. The summed E-state index contributed by atoms with van der Waals surface area (Å²) in [6, 6.07) is 2.15. The summed E-state index contributed by atoms with van der Waals surface area (Å²) in [5, 5.41) is 0. The van der Waals surface area contributed by atoms with E-state index in [4.69, 9.17) is 5.73 Å². The average Bonchev–Trinajstić information content (AvgIpc) is 2.98. The Balaban J connectivity index is 2.42. The lowest BCUT2D eigenvalue weighted by molar-refractivity contribution is 0.678. The Hall–Kier alpha value is -0.890. The van der Waals surface area contributed by atoms with Crippen molar-refractivity contribution in [1.82, 2.24) is 4.98 Å². The van der Waals surface area contributed by atoms with E-state index in [0.29, 0.717) is 11.3 Å². The molecule has 1 aromatic rings. The van der Waals surface area contributed by atoms with Crippen LogP contribution in [0.3, 0.4) is 0 Å². The first-order chi connectivity index (χ1) is 6.69. The first-order valence-electron chi connectivity index (χ1n) is 5.34. The minimum atomic E-state index is 0.294. The third kappa shape index (κ3) is 1.44. The van der Waals surface area contributed by atoms with Gasteiger partial charge in [-0.25, -0.2) is 0 Å². The predicted octanol–water partition coefficient (Wildman–Crippen LogP) is 2.20. The van der Waals surface area contributed by atoms with Crippen LogP contribution >= 0.6 is 0 Å². The van der Waals surface area contributed by atoms with Gasteiger partial charge in [0.15, 0.2) is 0 Å². The second-order valence-electron chi connectivity index (χ2n) is 4.60. The largest absolute Gasteiger partial charge is 0.330 e. The molecule has 1 fully saturated rings. The molecule has 2 nitrogen and oxygen atoms in total. The molecule has 0 radical (unpaired) electrons. The molecule has 2 rings (SSSR count). The van der Waals surface area contributed by atoms with Crippen molar-refractivity contribution in [2.24, 2.45) is 5.73 Å². The third-order valence-electron chi connectivity index (χ3n) is 3.29. The van der Waals surface area contributed by atoms with Gasteiger partial charge in [-0.2, -0.15) is 0 Å². The zero-order valence-electron chi connectivity index (χ0n) is 8.96. The van der Waals surface area contributed by atoms with Gasteiger partial charge < -0.3 is 5.73 Å². The third-order valence-corrected chi connectivity index (χ3v) is 3.29. The van der Waals surface area contributed by atoms with E-state index in [9.17, 15) is 0 Å². The van der Waals surface area contributed by atoms with Gasteiger partial charge in [0, 0.05) is 24.4 Å². The molecule has 0 spiro atoms. The number of aromatic nitrogens is 1. The first-order valence-corrected chi connectivity index (χ1v) is 5.34. The summed E-state index contributed by atoms with van der Waals surface area (Å²) >= 11 is 0. The van der Waals surface area contributed by atoms with Gasteiger partial charge in [-0.15, -0.1) is 0 Å². The maximum absolute atomic E-state index is 5.85. The summed E-state index contributed by atoms with van der Waals surface area (Å²) in [4.78, 5) is 4.20. The number of nitrogens with zero attached hydrogens (tertiary/aromatic N) is 1. The summed E-state index contributed by atoms with van der Waals surface area (Å²) < 4.78 is 0. The van der Waals surface area contributed by atoms with Crippen molar-refractivity contribution in [3.05, 3.63) is 29.6 Å². The Labute approximate surface area is 85.5 Å². The summed E-state index contributed by atoms with van der Waals surface area (Å²) in [5.41, 5.74) is 8.95. The highest BCUT2D eigenvalue weighted by Gasteiger charge is 2.44. The van der Waals surface area contributed by atoms with Gasteiger partial charge >= 0.3 is 0 Å². The Morgan fingerprint density at radius 2 is 2.21 bits per heavy atom. The van der Waals surface area contributed by atoms with Gasteiger partial charge in [0.05, 0.1) is 0 Å². The van der Waals surface area contributed by atoms with E-state index in [1.807, 2.05) is 12.4 Å². The maximum Gasteiger partial charge on any atom is 0.0305 e. The van der Waals surface area contributed by atoms with Crippen LogP contribution in [0, 0.1) is 0 Å². The number of hydrogen-bond donors (Lipinski definition) is 1. The second kappa shape index (κ2) is 3.35. The van der Waals surface area contributed by atoms with Gasteiger partial charge in [-0.1, -0.05) is 13.8 Å². The highest BCUT2D eigenvalue weighted by atomic mass is 14.7. The SMILES string of the molecule is CC(C)c1cnccc1C1(CN)CC1. The Kier molecular flexibility index (Phi) is 2.31. The highest BCUT2D eigenvalue weighted by molar-refractivity contribution is 5.38. The molecule has 1 aliphatic rings. The molecule has 0 unspecified atom stereocenters. The molecule has 0 bridgehead atoms. The summed E-state index contributed by atoms with van der Waals surface area (Å²) in [6.07, 6.45) is 6.37. The zero-order chi connectivity index (χ0) is 10.2. The standard InChI is InChI=1S/C12H18N2/c1-9(2)10-7-14-6-3-11(10)12(8-13)4-5-12/h3,6-7,9H,4-5,8,13H2,1-2H3. The monoisotopic (exact) mass is 190 g/mol. The molecule has 0 atom stereocenters. The molecular weight excluding hydrogens is 172 g/mol. The highest BCUT2D eigenvalue weighted by Crippen LogP contribution is 2.49. The average molecular weight is 190 g/mol. The lowest BCUT2D eigenvalue weighted by Crippen LogP contribution is -2.21. The molecule has 1 aromatic heterocycles. The summed E-state index contributed by atoms with van der Waals surface area (Å²) in [5.74, 6) is 0.544. The van der Waals surface area contributed by atoms with E-state index in [1.54, 1.807) is 0 Å². The lowest BCUT2D eigenvalue weighted by Gasteiger charge is -2.19. The fraction of sp³-hybridized carbons (Fsp3) is 0.583. The van der Waals surface area contributed by atoms with Gasteiger partial charge in [0.2, 0.25) is 0 Å². The van der Waals surface area contributed by atoms with Gasteiger partial charge in [-0.3, -0.25) is 4.98 Å². The molecule has 76 valence electrons. The first kappa shape index (κ1) is 9.66. The van der Waals surface area contributed by atoms with Crippen molar-refractivity contribution < 1.29 is 0 Å². The van der Waals surface area contributed by atoms with Crippen LogP contribution in [0.4, 0.5) is 0 Å². The molecule has 1 saturated carbocycles. The summed E-state index contributed by atoms with van der Waals surface area (Å²) in [6.45, 7) is 5.21. The van der Waals surface area contributed by atoms with Crippen LogP contribution in [0.15, 0.2) is 18.5 Å². The number of hydrogen-bond acceptors (Lipinski definition) is 2. The molecule has 0 amide bonds. The maximum atomic E-state index is 5.85. The van der Waals surface area contributed by atoms with E-state index in [1.165, 1.54) is 24.0 Å². The van der Waals surface area contributed by atoms with E-state index in [2.05, 4.69) is 24.9 Å². The molecule has 0 saturated heterocycles. The normalized spacial score (nSPS) is 18.6. The minimum Gasteiger partial charge on any atom is -0.330 e. The predicted molar refractivity (Wildman–Crippen MR) is 58.3 cm³/mol. The topological polar surface area (TPSA) is 38.9 Å². The number of nitrogens with two attached hydrogens (primary N) is 1. The number of rotatable bonds is 3. The quantitative estimate of drug-likeness (QED) is 0.793. The molecule has 14 heavy (non-hydrogen) atoms. The Morgan fingerprint density at radius 1 is 1.50 bits per heavy atom. The van der Waals surface area contributed by atoms with E-state index >= 15 is 0 Å². The Bertz CT molecular complexity index is 327. The fourth-order valence-electron chi connectivity index (χ4n) is 2.08. The van der Waals surface area contributed by atoms with Crippen molar-refractivity contribution in [3.8, 4) is 0 Å². The van der Waals surface area contributed by atoms with Crippen LogP contribution in [0.5, 0.6) is 0 Å². The molecule has 2 heteroatoms. The van der Waals surface area contributed by atoms with Crippen molar-refractivity contribution in [2.75, 3.05) is 6.54 Å². The van der Waals surface area contributed by atoms with Gasteiger partial charge in [0.1, 0.15) is 0 Å². The van der Waals surface area contributed by atoms with Crippen molar-refractivity contribution in [2.45, 2.75) is 38.0 Å². The van der Waals surface area contributed by atoms with Crippen LogP contribution in [-0.4, -0.2) is 11.5 Å². The van der Waals surface area contributed by atoms with Crippen LogP contribution in [0.25, 0.3) is 0 Å². The molecule has 0 aromatic carbocycles. The van der Waals surface area contributed by atoms with Crippen LogP contribution in [-0.2, 0) is 5.41 Å². The second-order valence-corrected chi connectivity index (χ2v) is 4.60. The number of pyridine rings is 1. The molecule has 1 aliphatic carbocycles. The van der Waals surface area contributed by atoms with Crippen molar-refractivity contribution in [3.63, 3.8) is 0 Å². The molecule has 0 aliphatic heterocycles. The van der Waals surface area contributed by atoms with E-state index < -0.39 is 0 Å². The Morgan fingerprint density at radius 3 is 2.71 bits per heavy atom. The fourth-order valence-corrected chi connectivity index (χ4v) is 2.08. The van der Waals surface area contributed by atoms with E-state index in [-0.39, 0.29) is 0 Å². The van der Waals surface area contributed by atoms with Gasteiger partial charge in [0.25, 0.3) is 0 Å². The zero-order valence-corrected chi connectivity index (χ0v) is 8.96. The smallest absolute Gasteiger partial charge is 0.0305 e. The molecule has 2 N–H and O–H groups in total. The van der Waals surface area contributed by atoms with Crippen LogP contribution in [0.2, 0.25) is 0 Å². The van der Waals surface area contributed by atoms with E-state index in [0.717, 1.165) is 6.54 Å².